The molecule has 0 aliphatic heterocycles. The van der Waals surface area contributed by atoms with E-state index in [1.165, 1.54) is 0 Å². The van der Waals surface area contributed by atoms with Crippen molar-refractivity contribution >= 4 is 0 Å². The number of aliphatic hydroxyl groups is 2. The Bertz CT molecular complexity index is 597. The van der Waals surface area contributed by atoms with E-state index in [-0.39, 0.29) is 0 Å². The highest BCUT2D eigenvalue weighted by atomic mass is 16.3. The minimum Gasteiger partial charge on any atom is -0.388 e. The van der Waals surface area contributed by atoms with Crippen molar-refractivity contribution in [2.24, 2.45) is 0 Å². The quantitative estimate of drug-likeness (QED) is 0.874. The van der Waals surface area contributed by atoms with Crippen molar-refractivity contribution in [3.8, 4) is 0 Å². The molecule has 0 aromatic heterocycles. The van der Waals surface area contributed by atoms with E-state index in [4.69, 9.17) is 0 Å². The third-order valence-corrected chi connectivity index (χ3v) is 3.79. The molecule has 0 saturated heterocycles. The Labute approximate surface area is 127 Å². The van der Waals surface area contributed by atoms with E-state index in [0.717, 1.165) is 28.7 Å². The molecule has 0 heterocycles. The highest BCUT2D eigenvalue weighted by Crippen LogP contribution is 2.27. The van der Waals surface area contributed by atoms with E-state index in [2.05, 4.69) is 0 Å². The molecule has 0 amide bonds. The maximum absolute atomic E-state index is 10.3. The molecule has 2 rings (SSSR count). The fourth-order valence-electron chi connectivity index (χ4n) is 2.67. The van der Waals surface area contributed by atoms with Crippen LogP contribution >= 0.6 is 0 Å². The molecule has 0 fully saturated rings. The molecule has 0 radical (unpaired) electrons. The Hall–Kier alpha value is -1.64. The molecule has 1 atom stereocenters. The number of hydrogen-bond acceptors (Lipinski definition) is 2. The van der Waals surface area contributed by atoms with Crippen LogP contribution in [0.3, 0.4) is 0 Å². The van der Waals surface area contributed by atoms with Crippen molar-refractivity contribution in [2.75, 3.05) is 0 Å². The van der Waals surface area contributed by atoms with Gasteiger partial charge in [0.05, 0.1) is 11.7 Å². The van der Waals surface area contributed by atoms with E-state index in [1.807, 2.05) is 55.5 Å². The summed E-state index contributed by atoms with van der Waals surface area (Å²) in [5, 5.41) is 20.6. The van der Waals surface area contributed by atoms with E-state index in [0.29, 0.717) is 6.42 Å². The molecule has 0 bridgehead atoms. The van der Waals surface area contributed by atoms with Gasteiger partial charge in [-0.05, 0) is 50.3 Å². The minimum absolute atomic E-state index is 0.472. The fraction of sp³-hybridized carbons (Fsp3) is 0.368. The second-order valence-corrected chi connectivity index (χ2v) is 6.18. The van der Waals surface area contributed by atoms with Gasteiger partial charge in [0.25, 0.3) is 0 Å². The molecule has 112 valence electrons. The normalized spacial score (nSPS) is 13.2. The Morgan fingerprint density at radius 1 is 1.05 bits per heavy atom. The van der Waals surface area contributed by atoms with Crippen LogP contribution in [0.25, 0.3) is 0 Å². The van der Waals surface area contributed by atoms with Gasteiger partial charge < -0.3 is 10.2 Å². The fourth-order valence-corrected chi connectivity index (χ4v) is 2.67. The van der Waals surface area contributed by atoms with Gasteiger partial charge in [0, 0.05) is 0 Å². The predicted molar refractivity (Wildman–Crippen MR) is 86.1 cm³/mol. The van der Waals surface area contributed by atoms with Crippen molar-refractivity contribution in [1.29, 1.82) is 0 Å². The molecule has 1 unspecified atom stereocenters. The monoisotopic (exact) mass is 284 g/mol. The Balaban J connectivity index is 2.10. The van der Waals surface area contributed by atoms with Gasteiger partial charge in [-0.25, -0.2) is 0 Å². The topological polar surface area (TPSA) is 40.5 Å². The summed E-state index contributed by atoms with van der Waals surface area (Å²) in [7, 11) is 0. The standard InChI is InChI=1S/C19H24O2/c1-14-7-6-9-16(13-14)18(20)12-11-15-8-4-5-10-17(15)19(2,3)21/h4-10,13,18,20-21H,11-12H2,1-3H3. The number of rotatable bonds is 5. The summed E-state index contributed by atoms with van der Waals surface area (Å²) < 4.78 is 0. The van der Waals surface area contributed by atoms with Gasteiger partial charge in [0.15, 0.2) is 0 Å². The van der Waals surface area contributed by atoms with Crippen LogP contribution in [-0.2, 0) is 12.0 Å². The molecule has 0 aliphatic carbocycles. The van der Waals surface area contributed by atoms with E-state index in [1.54, 1.807) is 13.8 Å². The van der Waals surface area contributed by atoms with Crippen LogP contribution in [0, 0.1) is 6.92 Å². The van der Waals surface area contributed by atoms with Crippen LogP contribution in [0.1, 0.15) is 48.6 Å². The average molecular weight is 284 g/mol. The first-order valence-corrected chi connectivity index (χ1v) is 7.43. The second-order valence-electron chi connectivity index (χ2n) is 6.18. The van der Waals surface area contributed by atoms with Gasteiger partial charge >= 0.3 is 0 Å². The summed E-state index contributed by atoms with van der Waals surface area (Å²) in [5.41, 5.74) is 3.28. The van der Waals surface area contributed by atoms with Gasteiger partial charge in [-0.2, -0.15) is 0 Å². The van der Waals surface area contributed by atoms with Gasteiger partial charge in [0.1, 0.15) is 0 Å². The number of aliphatic hydroxyl groups excluding tert-OH is 1. The van der Waals surface area contributed by atoms with E-state index < -0.39 is 11.7 Å². The zero-order valence-electron chi connectivity index (χ0n) is 13.0. The molecular formula is C19H24O2. The summed E-state index contributed by atoms with van der Waals surface area (Å²) in [4.78, 5) is 0. The van der Waals surface area contributed by atoms with Crippen molar-refractivity contribution in [3.63, 3.8) is 0 Å². The third kappa shape index (κ3) is 4.16. The lowest BCUT2D eigenvalue weighted by Gasteiger charge is -2.22. The molecule has 0 saturated carbocycles. The highest BCUT2D eigenvalue weighted by Gasteiger charge is 2.19. The maximum atomic E-state index is 10.3. The first-order chi connectivity index (χ1) is 9.88. The van der Waals surface area contributed by atoms with E-state index >= 15 is 0 Å². The molecule has 2 N–H and O–H groups in total. The summed E-state index contributed by atoms with van der Waals surface area (Å²) in [6, 6.07) is 15.9. The maximum Gasteiger partial charge on any atom is 0.0843 e. The van der Waals surface area contributed by atoms with Crippen molar-refractivity contribution < 1.29 is 10.2 Å². The lowest BCUT2D eigenvalue weighted by Crippen LogP contribution is -2.18. The SMILES string of the molecule is Cc1cccc(C(O)CCc2ccccc2C(C)(C)O)c1. The molecule has 21 heavy (non-hydrogen) atoms. The zero-order valence-corrected chi connectivity index (χ0v) is 13.0. The van der Waals surface area contributed by atoms with Crippen LogP contribution in [0.2, 0.25) is 0 Å². The average Bonchev–Trinajstić information content (AvgIpc) is 2.44. The molecule has 2 aromatic carbocycles. The van der Waals surface area contributed by atoms with Crippen LogP contribution in [-0.4, -0.2) is 10.2 Å². The van der Waals surface area contributed by atoms with Crippen LogP contribution < -0.4 is 0 Å². The van der Waals surface area contributed by atoms with Gasteiger partial charge in [-0.3, -0.25) is 0 Å². The van der Waals surface area contributed by atoms with Crippen LogP contribution in [0.5, 0.6) is 0 Å². The Morgan fingerprint density at radius 3 is 2.43 bits per heavy atom. The van der Waals surface area contributed by atoms with Gasteiger partial charge in [-0.1, -0.05) is 54.1 Å². The first kappa shape index (κ1) is 15.7. The number of aryl methyl sites for hydroxylation is 2. The van der Waals surface area contributed by atoms with Gasteiger partial charge in [-0.15, -0.1) is 0 Å². The third-order valence-electron chi connectivity index (χ3n) is 3.79. The molecule has 2 heteroatoms. The predicted octanol–water partition coefficient (Wildman–Crippen LogP) is 3.89. The van der Waals surface area contributed by atoms with E-state index in [9.17, 15) is 10.2 Å². The lowest BCUT2D eigenvalue weighted by molar-refractivity contribution is 0.0772. The Morgan fingerprint density at radius 2 is 1.76 bits per heavy atom. The lowest BCUT2D eigenvalue weighted by atomic mass is 9.90. The zero-order chi connectivity index (χ0) is 15.5. The van der Waals surface area contributed by atoms with Gasteiger partial charge in [0.2, 0.25) is 0 Å². The van der Waals surface area contributed by atoms with Crippen molar-refractivity contribution in [2.45, 2.75) is 45.3 Å². The molecule has 2 aromatic rings. The molecule has 0 spiro atoms. The first-order valence-electron chi connectivity index (χ1n) is 7.43. The minimum atomic E-state index is -0.856. The van der Waals surface area contributed by atoms with Crippen molar-refractivity contribution in [1.82, 2.24) is 0 Å². The molecular weight excluding hydrogens is 260 g/mol. The van der Waals surface area contributed by atoms with Crippen molar-refractivity contribution in [3.05, 3.63) is 70.8 Å². The number of hydrogen-bond donors (Lipinski definition) is 2. The summed E-state index contributed by atoms with van der Waals surface area (Å²) >= 11 is 0. The highest BCUT2D eigenvalue weighted by molar-refractivity contribution is 5.32. The molecule has 2 nitrogen and oxygen atoms in total. The summed E-state index contributed by atoms with van der Waals surface area (Å²) in [6.45, 7) is 5.62. The second kappa shape index (κ2) is 6.42. The summed E-state index contributed by atoms with van der Waals surface area (Å²) in [6.07, 6.45) is 0.922. The van der Waals surface area contributed by atoms with Crippen LogP contribution in [0.15, 0.2) is 48.5 Å². The summed E-state index contributed by atoms with van der Waals surface area (Å²) in [5.74, 6) is 0. The Kier molecular flexibility index (Phi) is 4.81. The number of benzene rings is 2. The molecule has 0 aliphatic rings. The largest absolute Gasteiger partial charge is 0.388 e. The smallest absolute Gasteiger partial charge is 0.0843 e. The van der Waals surface area contributed by atoms with Crippen LogP contribution in [0.4, 0.5) is 0 Å².